The maximum absolute atomic E-state index is 13.0. The quantitative estimate of drug-likeness (QED) is 0.795. The Bertz CT molecular complexity index is 845. The second-order valence-corrected chi connectivity index (χ2v) is 9.68. The van der Waals surface area contributed by atoms with Crippen LogP contribution in [0.2, 0.25) is 5.02 Å². The Kier molecular flexibility index (Phi) is 5.29. The van der Waals surface area contributed by atoms with Crippen LogP contribution in [0.15, 0.2) is 29.2 Å². The van der Waals surface area contributed by atoms with Crippen molar-refractivity contribution >= 4 is 27.3 Å². The highest BCUT2D eigenvalue weighted by atomic mass is 35.5. The monoisotopic (exact) mass is 396 g/mol. The largest absolute Gasteiger partial charge is 0.384 e. The highest BCUT2D eigenvalue weighted by Crippen LogP contribution is 2.41. The third kappa shape index (κ3) is 3.59. The minimum absolute atomic E-state index is 0.0968. The number of halogens is 1. The Morgan fingerprint density at radius 3 is 2.65 bits per heavy atom. The molecule has 2 aliphatic rings. The smallest absolute Gasteiger partial charge is 0.224 e. The summed E-state index contributed by atoms with van der Waals surface area (Å²) in [6.45, 7) is 0.298. The van der Waals surface area contributed by atoms with Gasteiger partial charge >= 0.3 is 0 Å². The van der Waals surface area contributed by atoms with Gasteiger partial charge < -0.3 is 10.1 Å². The Balaban J connectivity index is 1.82. The summed E-state index contributed by atoms with van der Waals surface area (Å²) in [5, 5.41) is 11.5. The molecule has 2 saturated carbocycles. The van der Waals surface area contributed by atoms with Gasteiger partial charge in [-0.25, -0.2) is 8.42 Å². The average Bonchev–Trinajstić information content (AvgIpc) is 3.24. The molecular formula is C18H21ClN2O4S. The molecule has 0 aliphatic heterocycles. The fourth-order valence-electron chi connectivity index (χ4n) is 3.62. The van der Waals surface area contributed by atoms with Crippen molar-refractivity contribution in [3.05, 3.63) is 29.3 Å². The maximum atomic E-state index is 13.0. The third-order valence-corrected chi connectivity index (χ3v) is 7.95. The summed E-state index contributed by atoms with van der Waals surface area (Å²) in [7, 11) is -2.12. The number of benzene rings is 1. The zero-order valence-corrected chi connectivity index (χ0v) is 16.0. The number of nitriles is 1. The molecule has 2 fully saturated rings. The summed E-state index contributed by atoms with van der Waals surface area (Å²) in [6.07, 6.45) is 1.81. The summed E-state index contributed by atoms with van der Waals surface area (Å²) in [6, 6.07) is 8.48. The molecule has 0 heterocycles. The minimum Gasteiger partial charge on any atom is -0.384 e. The number of nitrogens with zero attached hydrogens (tertiary/aromatic N) is 1. The summed E-state index contributed by atoms with van der Waals surface area (Å²) in [5.74, 6) is -0.970. The van der Waals surface area contributed by atoms with Crippen molar-refractivity contribution in [1.82, 2.24) is 5.32 Å². The fourth-order valence-corrected chi connectivity index (χ4v) is 6.01. The number of amides is 1. The molecule has 1 N–H and O–H groups in total. The van der Waals surface area contributed by atoms with Gasteiger partial charge in [-0.1, -0.05) is 23.7 Å². The first-order chi connectivity index (χ1) is 12.3. The van der Waals surface area contributed by atoms with Gasteiger partial charge in [-0.15, -0.1) is 0 Å². The van der Waals surface area contributed by atoms with Crippen molar-refractivity contribution in [1.29, 1.82) is 5.26 Å². The van der Waals surface area contributed by atoms with Gasteiger partial charge in [0.2, 0.25) is 5.91 Å². The highest BCUT2D eigenvalue weighted by Gasteiger charge is 2.49. The lowest BCUT2D eigenvalue weighted by Gasteiger charge is -2.19. The number of sulfone groups is 1. The molecule has 8 heteroatoms. The second-order valence-electron chi connectivity index (χ2n) is 7.07. The van der Waals surface area contributed by atoms with E-state index in [-0.39, 0.29) is 28.2 Å². The molecule has 0 spiro atoms. The van der Waals surface area contributed by atoms with Crippen LogP contribution in [0.25, 0.3) is 0 Å². The summed E-state index contributed by atoms with van der Waals surface area (Å²) in [5.41, 5.74) is -0.769. The van der Waals surface area contributed by atoms with Crippen LogP contribution >= 0.6 is 11.6 Å². The molecule has 1 aromatic rings. The second kappa shape index (κ2) is 7.18. The molecule has 140 valence electrons. The van der Waals surface area contributed by atoms with E-state index in [0.29, 0.717) is 25.9 Å². The lowest BCUT2D eigenvalue weighted by molar-refractivity contribution is -0.127. The number of rotatable bonds is 6. The molecule has 26 heavy (non-hydrogen) atoms. The zero-order valence-electron chi connectivity index (χ0n) is 14.4. The van der Waals surface area contributed by atoms with Gasteiger partial charge in [-0.2, -0.15) is 5.26 Å². The highest BCUT2D eigenvalue weighted by molar-refractivity contribution is 7.92. The van der Waals surface area contributed by atoms with E-state index in [4.69, 9.17) is 16.3 Å². The first-order valence-corrected chi connectivity index (χ1v) is 10.5. The molecule has 0 unspecified atom stereocenters. The molecule has 2 aliphatic carbocycles. The third-order valence-electron chi connectivity index (χ3n) is 5.28. The van der Waals surface area contributed by atoms with E-state index in [2.05, 4.69) is 11.4 Å². The predicted molar refractivity (Wildman–Crippen MR) is 96.2 cm³/mol. The van der Waals surface area contributed by atoms with Crippen molar-refractivity contribution in [2.24, 2.45) is 11.8 Å². The molecule has 3 atom stereocenters. The Morgan fingerprint density at radius 2 is 2.08 bits per heavy atom. The number of nitrogens with one attached hydrogen (secondary N) is 1. The summed E-state index contributed by atoms with van der Waals surface area (Å²) >= 11 is 6.08. The van der Waals surface area contributed by atoms with E-state index in [0.717, 1.165) is 0 Å². The number of methoxy groups -OCH3 is 1. The first-order valence-electron chi connectivity index (χ1n) is 8.53. The molecule has 3 rings (SSSR count). The van der Waals surface area contributed by atoms with Gasteiger partial charge in [0.25, 0.3) is 0 Å². The van der Waals surface area contributed by atoms with Crippen molar-refractivity contribution < 1.29 is 17.9 Å². The van der Waals surface area contributed by atoms with E-state index >= 15 is 0 Å². The number of hydrogen-bond acceptors (Lipinski definition) is 5. The predicted octanol–water partition coefficient (Wildman–Crippen LogP) is 2.33. The van der Waals surface area contributed by atoms with Crippen LogP contribution in [-0.2, 0) is 19.4 Å². The van der Waals surface area contributed by atoms with Gasteiger partial charge in [0.05, 0.1) is 21.2 Å². The van der Waals surface area contributed by atoms with Crippen LogP contribution in [0.3, 0.4) is 0 Å². The average molecular weight is 397 g/mol. The molecule has 0 aromatic heterocycles. The topological polar surface area (TPSA) is 96.3 Å². The van der Waals surface area contributed by atoms with E-state index in [1.165, 1.54) is 13.2 Å². The van der Waals surface area contributed by atoms with Gasteiger partial charge in [-0.3, -0.25) is 4.79 Å². The summed E-state index contributed by atoms with van der Waals surface area (Å²) < 4.78 is 31.2. The molecule has 0 bridgehead atoms. The zero-order chi connectivity index (χ0) is 18.9. The van der Waals surface area contributed by atoms with Crippen LogP contribution in [-0.4, -0.2) is 38.8 Å². The minimum atomic E-state index is -3.65. The lowest BCUT2D eigenvalue weighted by Crippen LogP contribution is -2.41. The standard InChI is InChI=1S/C18H21ClN2O4S/c1-25-10-12-8-13(26(23,24)16-5-3-2-4-15(16)19)9-14(12)17(22)21-18(11-20)6-7-18/h2-5,12-14H,6-10H2,1H3,(H,21,22)/t12-,13+,14+/m0/s1. The Morgan fingerprint density at radius 1 is 1.38 bits per heavy atom. The molecule has 0 saturated heterocycles. The fraction of sp³-hybridized carbons (Fsp3) is 0.556. The van der Waals surface area contributed by atoms with Gasteiger partial charge in [0.15, 0.2) is 9.84 Å². The molecule has 1 amide bonds. The van der Waals surface area contributed by atoms with Gasteiger partial charge in [0, 0.05) is 19.6 Å². The Hall–Kier alpha value is -1.62. The van der Waals surface area contributed by atoms with Crippen LogP contribution < -0.4 is 5.32 Å². The van der Waals surface area contributed by atoms with Crippen molar-refractivity contribution in [3.63, 3.8) is 0 Å². The SMILES string of the molecule is COC[C@@H]1C[C@@H](S(=O)(=O)c2ccccc2Cl)C[C@H]1C(=O)NC1(C#N)CC1. The summed E-state index contributed by atoms with van der Waals surface area (Å²) in [4.78, 5) is 12.8. The van der Waals surface area contributed by atoms with E-state index < -0.39 is 26.5 Å². The number of hydrogen-bond donors (Lipinski definition) is 1. The molecule has 1 aromatic carbocycles. The number of carbonyl (C=O) groups is 1. The Labute approximate surface area is 158 Å². The van der Waals surface area contributed by atoms with Crippen LogP contribution in [0.5, 0.6) is 0 Å². The first kappa shape index (κ1) is 19.2. The van der Waals surface area contributed by atoms with Crippen molar-refractivity contribution in [3.8, 4) is 6.07 Å². The van der Waals surface area contributed by atoms with E-state index in [1.54, 1.807) is 18.2 Å². The van der Waals surface area contributed by atoms with Crippen molar-refractivity contribution in [2.75, 3.05) is 13.7 Å². The molecule has 6 nitrogen and oxygen atoms in total. The van der Waals surface area contributed by atoms with Crippen LogP contribution in [0, 0.1) is 23.2 Å². The number of carbonyl (C=O) groups excluding carboxylic acids is 1. The normalized spacial score (nSPS) is 26.9. The van der Waals surface area contributed by atoms with Gasteiger partial charge in [0.1, 0.15) is 5.54 Å². The van der Waals surface area contributed by atoms with Crippen molar-refractivity contribution in [2.45, 2.75) is 41.4 Å². The maximum Gasteiger partial charge on any atom is 0.224 e. The van der Waals surface area contributed by atoms with E-state index in [9.17, 15) is 18.5 Å². The van der Waals surface area contributed by atoms with Crippen LogP contribution in [0.4, 0.5) is 0 Å². The lowest BCUT2D eigenvalue weighted by atomic mass is 9.95. The van der Waals surface area contributed by atoms with E-state index in [1.807, 2.05) is 0 Å². The number of ether oxygens (including phenoxy) is 1. The van der Waals surface area contributed by atoms with Gasteiger partial charge in [-0.05, 0) is 43.7 Å². The van der Waals surface area contributed by atoms with Crippen LogP contribution in [0.1, 0.15) is 25.7 Å². The molecular weight excluding hydrogens is 376 g/mol. The molecule has 0 radical (unpaired) electrons.